The summed E-state index contributed by atoms with van der Waals surface area (Å²) in [7, 11) is 1.65. The van der Waals surface area contributed by atoms with Crippen LogP contribution in [0.3, 0.4) is 0 Å². The molecule has 0 radical (unpaired) electrons. The zero-order chi connectivity index (χ0) is 20.4. The number of hydrogen-bond acceptors (Lipinski definition) is 4. The van der Waals surface area contributed by atoms with Gasteiger partial charge in [0.2, 0.25) is 0 Å². The largest absolute Gasteiger partial charge is 0.456 e. The summed E-state index contributed by atoms with van der Waals surface area (Å²) >= 11 is 0. The Kier molecular flexibility index (Phi) is 4.78. The van der Waals surface area contributed by atoms with Crippen LogP contribution < -0.4 is 15.6 Å². The van der Waals surface area contributed by atoms with Gasteiger partial charge in [0.15, 0.2) is 0 Å². The summed E-state index contributed by atoms with van der Waals surface area (Å²) in [6.07, 6.45) is 3.08. The molecule has 0 fully saturated rings. The van der Waals surface area contributed by atoms with Crippen molar-refractivity contribution in [3.8, 4) is 11.5 Å². The summed E-state index contributed by atoms with van der Waals surface area (Å²) in [6, 6.07) is 15.3. The smallest absolute Gasteiger partial charge is 0.255 e. The highest BCUT2D eigenvalue weighted by Gasteiger charge is 2.12. The standard InChI is InChI=1S/C22H16FN3O3/c1-26-19-7-4-16(25-22(28)14-8-10-24-11-9-14)12-18(19)20(13-21(26)27)29-17-5-2-15(23)3-6-17/h2-13H,1H3,(H,25,28). The first-order valence-electron chi connectivity index (χ1n) is 8.80. The Morgan fingerprint density at radius 1 is 1.03 bits per heavy atom. The summed E-state index contributed by atoms with van der Waals surface area (Å²) in [6.45, 7) is 0. The number of carbonyl (C=O) groups excluding carboxylic acids is 1. The van der Waals surface area contributed by atoms with Crippen molar-refractivity contribution in [2.75, 3.05) is 5.32 Å². The molecule has 2 aromatic carbocycles. The lowest BCUT2D eigenvalue weighted by molar-refractivity contribution is 0.102. The van der Waals surface area contributed by atoms with Crippen LogP contribution in [-0.2, 0) is 7.05 Å². The van der Waals surface area contributed by atoms with Gasteiger partial charge in [0.25, 0.3) is 11.5 Å². The van der Waals surface area contributed by atoms with E-state index < -0.39 is 0 Å². The number of hydrogen-bond donors (Lipinski definition) is 1. The van der Waals surface area contributed by atoms with Crippen molar-refractivity contribution in [3.05, 3.63) is 94.8 Å². The van der Waals surface area contributed by atoms with Crippen molar-refractivity contribution in [1.29, 1.82) is 0 Å². The molecule has 0 saturated carbocycles. The summed E-state index contributed by atoms with van der Waals surface area (Å²) in [5, 5.41) is 3.45. The molecule has 0 bridgehead atoms. The molecule has 0 atom stereocenters. The van der Waals surface area contributed by atoms with E-state index in [1.54, 1.807) is 49.8 Å². The van der Waals surface area contributed by atoms with Gasteiger partial charge in [-0.2, -0.15) is 0 Å². The number of pyridine rings is 2. The molecule has 4 aromatic rings. The van der Waals surface area contributed by atoms with Crippen molar-refractivity contribution >= 4 is 22.5 Å². The molecule has 4 rings (SSSR count). The van der Waals surface area contributed by atoms with Crippen molar-refractivity contribution < 1.29 is 13.9 Å². The maximum absolute atomic E-state index is 13.2. The zero-order valence-electron chi connectivity index (χ0n) is 15.4. The Morgan fingerprint density at radius 3 is 2.48 bits per heavy atom. The third-order valence-electron chi connectivity index (χ3n) is 4.45. The average molecular weight is 389 g/mol. The van der Waals surface area contributed by atoms with Crippen molar-refractivity contribution in [2.45, 2.75) is 0 Å². The van der Waals surface area contributed by atoms with E-state index in [-0.39, 0.29) is 17.3 Å². The predicted molar refractivity (Wildman–Crippen MR) is 108 cm³/mol. The number of rotatable bonds is 4. The summed E-state index contributed by atoms with van der Waals surface area (Å²) < 4.78 is 20.5. The molecule has 2 aromatic heterocycles. The van der Waals surface area contributed by atoms with E-state index in [4.69, 9.17) is 4.74 Å². The molecule has 2 heterocycles. The van der Waals surface area contributed by atoms with Crippen molar-refractivity contribution in [3.63, 3.8) is 0 Å². The number of carbonyl (C=O) groups is 1. The molecule has 0 aliphatic carbocycles. The van der Waals surface area contributed by atoms with Gasteiger partial charge in [-0.3, -0.25) is 14.6 Å². The number of aromatic nitrogens is 2. The lowest BCUT2D eigenvalue weighted by Gasteiger charge is -2.13. The van der Waals surface area contributed by atoms with Crippen LogP contribution in [0.25, 0.3) is 10.9 Å². The van der Waals surface area contributed by atoms with Gasteiger partial charge in [0, 0.05) is 42.1 Å². The van der Waals surface area contributed by atoms with E-state index in [1.807, 2.05) is 0 Å². The minimum Gasteiger partial charge on any atom is -0.456 e. The highest BCUT2D eigenvalue weighted by molar-refractivity contribution is 6.05. The van der Waals surface area contributed by atoms with Crippen LogP contribution in [0.15, 0.2) is 77.9 Å². The van der Waals surface area contributed by atoms with Crippen LogP contribution in [0.1, 0.15) is 10.4 Å². The van der Waals surface area contributed by atoms with Crippen LogP contribution in [-0.4, -0.2) is 15.5 Å². The number of fused-ring (bicyclic) bond motifs is 1. The van der Waals surface area contributed by atoms with Gasteiger partial charge >= 0.3 is 0 Å². The third kappa shape index (κ3) is 3.84. The number of amides is 1. The molecule has 0 spiro atoms. The molecule has 1 N–H and O–H groups in total. The lowest BCUT2D eigenvalue weighted by Crippen LogP contribution is -2.16. The fraction of sp³-hybridized carbons (Fsp3) is 0.0455. The van der Waals surface area contributed by atoms with E-state index in [9.17, 15) is 14.0 Å². The van der Waals surface area contributed by atoms with Crippen LogP contribution in [0, 0.1) is 5.82 Å². The molecular weight excluding hydrogens is 373 g/mol. The van der Waals surface area contributed by atoms with E-state index >= 15 is 0 Å². The van der Waals surface area contributed by atoms with Crippen molar-refractivity contribution in [1.82, 2.24) is 9.55 Å². The van der Waals surface area contributed by atoms with Gasteiger partial charge in [-0.25, -0.2) is 4.39 Å². The van der Waals surface area contributed by atoms with Gasteiger partial charge in [-0.15, -0.1) is 0 Å². The van der Waals surface area contributed by atoms with Crippen LogP contribution in [0.2, 0.25) is 0 Å². The molecule has 6 nitrogen and oxygen atoms in total. The SMILES string of the molecule is Cn1c(=O)cc(Oc2ccc(F)cc2)c2cc(NC(=O)c3ccncc3)ccc21. The number of nitrogens with one attached hydrogen (secondary N) is 1. The molecule has 144 valence electrons. The monoisotopic (exact) mass is 389 g/mol. The fourth-order valence-corrected chi connectivity index (χ4v) is 2.93. The highest BCUT2D eigenvalue weighted by atomic mass is 19.1. The van der Waals surface area contributed by atoms with Gasteiger partial charge in [-0.1, -0.05) is 0 Å². The molecule has 29 heavy (non-hydrogen) atoms. The Morgan fingerprint density at radius 2 is 1.76 bits per heavy atom. The molecule has 0 aliphatic heterocycles. The Hall–Kier alpha value is -4.00. The maximum atomic E-state index is 13.2. The first-order chi connectivity index (χ1) is 14.0. The molecule has 0 aliphatic rings. The second kappa shape index (κ2) is 7.55. The number of anilines is 1. The second-order valence-corrected chi connectivity index (χ2v) is 6.38. The molecule has 0 saturated heterocycles. The number of nitrogens with zero attached hydrogens (tertiary/aromatic N) is 2. The van der Waals surface area contributed by atoms with Gasteiger partial charge < -0.3 is 14.6 Å². The first kappa shape index (κ1) is 18.4. The lowest BCUT2D eigenvalue weighted by atomic mass is 10.1. The highest BCUT2D eigenvalue weighted by Crippen LogP contribution is 2.30. The summed E-state index contributed by atoms with van der Waals surface area (Å²) in [5.74, 6) is 0.0479. The number of ether oxygens (including phenoxy) is 1. The molecule has 0 unspecified atom stereocenters. The predicted octanol–water partition coefficient (Wildman–Crippen LogP) is 4.12. The Labute approximate surface area is 165 Å². The summed E-state index contributed by atoms with van der Waals surface area (Å²) in [4.78, 5) is 28.6. The minimum absolute atomic E-state index is 0.247. The second-order valence-electron chi connectivity index (χ2n) is 6.38. The maximum Gasteiger partial charge on any atom is 0.255 e. The fourth-order valence-electron chi connectivity index (χ4n) is 2.93. The minimum atomic E-state index is -0.382. The van der Waals surface area contributed by atoms with E-state index in [0.717, 1.165) is 0 Å². The quantitative estimate of drug-likeness (QED) is 0.570. The Balaban J connectivity index is 1.74. The van der Waals surface area contributed by atoms with E-state index in [1.165, 1.54) is 34.9 Å². The van der Waals surface area contributed by atoms with Crippen molar-refractivity contribution in [2.24, 2.45) is 7.05 Å². The normalized spacial score (nSPS) is 10.7. The Bertz CT molecular complexity index is 1250. The topological polar surface area (TPSA) is 73.2 Å². The summed E-state index contributed by atoms with van der Waals surface area (Å²) in [5.41, 5.74) is 1.41. The first-order valence-corrected chi connectivity index (χ1v) is 8.80. The van der Waals surface area contributed by atoms with E-state index in [0.29, 0.717) is 33.7 Å². The van der Waals surface area contributed by atoms with E-state index in [2.05, 4.69) is 10.3 Å². The third-order valence-corrected chi connectivity index (χ3v) is 4.45. The molecular formula is C22H16FN3O3. The van der Waals surface area contributed by atoms with Crippen LogP contribution in [0.5, 0.6) is 11.5 Å². The van der Waals surface area contributed by atoms with Gasteiger partial charge in [0.1, 0.15) is 17.3 Å². The average Bonchev–Trinajstić information content (AvgIpc) is 2.74. The number of halogens is 1. The number of aryl methyl sites for hydroxylation is 1. The number of benzene rings is 2. The zero-order valence-corrected chi connectivity index (χ0v) is 15.4. The van der Waals surface area contributed by atoms with Gasteiger partial charge in [0.05, 0.1) is 5.52 Å². The molecule has 1 amide bonds. The van der Waals surface area contributed by atoms with Crippen LogP contribution >= 0.6 is 0 Å². The van der Waals surface area contributed by atoms with Gasteiger partial charge in [-0.05, 0) is 54.6 Å². The molecule has 7 heteroatoms. The van der Waals surface area contributed by atoms with Crippen LogP contribution in [0.4, 0.5) is 10.1 Å².